The molecule has 2 aromatic carbocycles. The molecule has 0 aliphatic carbocycles. The lowest BCUT2D eigenvalue weighted by Gasteiger charge is -2.16. The highest BCUT2D eigenvalue weighted by atomic mass is 16.5. The smallest absolute Gasteiger partial charge is 0.131 e. The molecule has 0 amide bonds. The van der Waals surface area contributed by atoms with Crippen molar-refractivity contribution in [1.29, 1.82) is 0 Å². The van der Waals surface area contributed by atoms with Gasteiger partial charge in [-0.25, -0.2) is 0 Å². The van der Waals surface area contributed by atoms with Gasteiger partial charge in [-0.2, -0.15) is 0 Å². The standard InChI is InChI=1S/C13H10O2/c14-11-7-8-15-12-6-5-9-3-1-2-4-10(9)13(11)12/h1-7,14H,8H2. The van der Waals surface area contributed by atoms with Gasteiger partial charge in [0.1, 0.15) is 18.1 Å². The van der Waals surface area contributed by atoms with Crippen LogP contribution in [-0.4, -0.2) is 11.7 Å². The predicted molar refractivity (Wildman–Crippen MR) is 60.0 cm³/mol. The van der Waals surface area contributed by atoms with Crippen LogP contribution >= 0.6 is 0 Å². The second-order valence-electron chi connectivity index (χ2n) is 3.56. The molecule has 0 saturated heterocycles. The second kappa shape index (κ2) is 3.02. The van der Waals surface area contributed by atoms with E-state index in [0.29, 0.717) is 12.4 Å². The van der Waals surface area contributed by atoms with Gasteiger partial charge in [0.05, 0.1) is 5.56 Å². The molecule has 0 bridgehead atoms. The molecule has 2 nitrogen and oxygen atoms in total. The van der Waals surface area contributed by atoms with Gasteiger partial charge < -0.3 is 9.84 Å². The summed E-state index contributed by atoms with van der Waals surface area (Å²) in [4.78, 5) is 0. The molecule has 1 aliphatic heterocycles. The summed E-state index contributed by atoms with van der Waals surface area (Å²) in [6.07, 6.45) is 1.69. The average Bonchev–Trinajstić information content (AvgIpc) is 2.29. The maximum atomic E-state index is 9.84. The van der Waals surface area contributed by atoms with Gasteiger partial charge >= 0.3 is 0 Å². The van der Waals surface area contributed by atoms with E-state index in [2.05, 4.69) is 0 Å². The van der Waals surface area contributed by atoms with Gasteiger partial charge in [-0.05, 0) is 22.9 Å². The fraction of sp³-hybridized carbons (Fsp3) is 0.0769. The number of aliphatic hydroxyl groups excluding tert-OH is 1. The molecular weight excluding hydrogens is 188 g/mol. The largest absolute Gasteiger partial charge is 0.507 e. The average molecular weight is 198 g/mol. The number of benzene rings is 2. The van der Waals surface area contributed by atoms with Crippen LogP contribution in [0.4, 0.5) is 0 Å². The molecule has 0 saturated carbocycles. The zero-order valence-corrected chi connectivity index (χ0v) is 8.10. The Hall–Kier alpha value is -1.96. The van der Waals surface area contributed by atoms with E-state index >= 15 is 0 Å². The van der Waals surface area contributed by atoms with Crippen LogP contribution in [0.3, 0.4) is 0 Å². The topological polar surface area (TPSA) is 29.5 Å². The number of rotatable bonds is 0. The van der Waals surface area contributed by atoms with E-state index in [4.69, 9.17) is 4.74 Å². The SMILES string of the molecule is OC1=CCOc2ccc3ccccc3c21. The van der Waals surface area contributed by atoms with Gasteiger partial charge in [-0.15, -0.1) is 0 Å². The van der Waals surface area contributed by atoms with Gasteiger partial charge in [-0.1, -0.05) is 30.3 Å². The first-order chi connectivity index (χ1) is 7.36. The molecule has 0 atom stereocenters. The van der Waals surface area contributed by atoms with Crippen molar-refractivity contribution in [3.63, 3.8) is 0 Å². The Bertz CT molecular complexity index is 555. The van der Waals surface area contributed by atoms with Crippen LogP contribution in [0, 0.1) is 0 Å². The monoisotopic (exact) mass is 198 g/mol. The van der Waals surface area contributed by atoms with E-state index in [-0.39, 0.29) is 0 Å². The van der Waals surface area contributed by atoms with E-state index < -0.39 is 0 Å². The van der Waals surface area contributed by atoms with E-state index in [1.165, 1.54) is 0 Å². The Balaban J connectivity index is 2.43. The van der Waals surface area contributed by atoms with Crippen LogP contribution in [0.25, 0.3) is 16.5 Å². The molecule has 2 heteroatoms. The summed E-state index contributed by atoms with van der Waals surface area (Å²) in [7, 11) is 0. The number of hydrogen-bond donors (Lipinski definition) is 1. The van der Waals surface area contributed by atoms with E-state index in [9.17, 15) is 5.11 Å². The molecule has 74 valence electrons. The summed E-state index contributed by atoms with van der Waals surface area (Å²) < 4.78 is 5.47. The van der Waals surface area contributed by atoms with Crippen LogP contribution in [0.15, 0.2) is 42.5 Å². The van der Waals surface area contributed by atoms with Crippen molar-refractivity contribution in [3.8, 4) is 5.75 Å². The molecule has 0 aromatic heterocycles. The molecule has 2 aromatic rings. The van der Waals surface area contributed by atoms with Crippen LogP contribution in [0.2, 0.25) is 0 Å². The molecule has 0 unspecified atom stereocenters. The number of ether oxygens (including phenoxy) is 1. The molecule has 15 heavy (non-hydrogen) atoms. The first-order valence-electron chi connectivity index (χ1n) is 4.90. The molecule has 0 spiro atoms. The van der Waals surface area contributed by atoms with Crippen molar-refractivity contribution in [1.82, 2.24) is 0 Å². The lowest BCUT2D eigenvalue weighted by Crippen LogP contribution is -2.04. The fourth-order valence-corrected chi connectivity index (χ4v) is 1.95. The minimum absolute atomic E-state index is 0.313. The first-order valence-corrected chi connectivity index (χ1v) is 4.90. The normalized spacial score (nSPS) is 14.3. The van der Waals surface area contributed by atoms with Crippen LogP contribution < -0.4 is 4.74 Å². The summed E-state index contributed by atoms with van der Waals surface area (Å²) in [6.45, 7) is 0.442. The maximum Gasteiger partial charge on any atom is 0.131 e. The van der Waals surface area contributed by atoms with Crippen LogP contribution in [0.1, 0.15) is 5.56 Å². The summed E-state index contributed by atoms with van der Waals surface area (Å²) in [6, 6.07) is 11.9. The maximum absolute atomic E-state index is 9.84. The van der Waals surface area contributed by atoms with Crippen LogP contribution in [0.5, 0.6) is 5.75 Å². The first kappa shape index (κ1) is 8.36. The Morgan fingerprint density at radius 2 is 1.93 bits per heavy atom. The summed E-state index contributed by atoms with van der Waals surface area (Å²) >= 11 is 0. The minimum Gasteiger partial charge on any atom is -0.507 e. The minimum atomic E-state index is 0.313. The third-order valence-corrected chi connectivity index (χ3v) is 2.66. The number of hydrogen-bond acceptors (Lipinski definition) is 2. The van der Waals surface area contributed by atoms with Crippen molar-refractivity contribution in [2.24, 2.45) is 0 Å². The van der Waals surface area contributed by atoms with Gasteiger partial charge in [0.15, 0.2) is 0 Å². The second-order valence-corrected chi connectivity index (χ2v) is 3.56. The zero-order valence-electron chi connectivity index (χ0n) is 8.10. The molecule has 1 heterocycles. The van der Waals surface area contributed by atoms with Gasteiger partial charge in [0.25, 0.3) is 0 Å². The lowest BCUT2D eigenvalue weighted by molar-refractivity contribution is 0.346. The van der Waals surface area contributed by atoms with Crippen LogP contribution in [-0.2, 0) is 0 Å². The Kier molecular flexibility index (Phi) is 1.68. The third kappa shape index (κ3) is 1.18. The molecule has 1 N–H and O–H groups in total. The molecule has 0 fully saturated rings. The van der Waals surface area contributed by atoms with Crippen molar-refractivity contribution < 1.29 is 9.84 Å². The van der Waals surface area contributed by atoms with E-state index in [0.717, 1.165) is 22.1 Å². The van der Waals surface area contributed by atoms with Crippen molar-refractivity contribution >= 4 is 16.5 Å². The zero-order chi connectivity index (χ0) is 10.3. The summed E-state index contributed by atoms with van der Waals surface area (Å²) in [5.41, 5.74) is 0.805. The highest BCUT2D eigenvalue weighted by Gasteiger charge is 2.15. The summed E-state index contributed by atoms with van der Waals surface area (Å²) in [5.74, 6) is 1.07. The molecule has 0 radical (unpaired) electrons. The number of fused-ring (bicyclic) bond motifs is 3. The molecule has 1 aliphatic rings. The lowest BCUT2D eigenvalue weighted by atomic mass is 10.0. The predicted octanol–water partition coefficient (Wildman–Crippen LogP) is 3.13. The van der Waals surface area contributed by atoms with Gasteiger partial charge in [-0.3, -0.25) is 0 Å². The van der Waals surface area contributed by atoms with E-state index in [1.807, 2.05) is 36.4 Å². The highest BCUT2D eigenvalue weighted by molar-refractivity contribution is 5.95. The highest BCUT2D eigenvalue weighted by Crippen LogP contribution is 2.34. The van der Waals surface area contributed by atoms with Crippen molar-refractivity contribution in [2.45, 2.75) is 0 Å². The van der Waals surface area contributed by atoms with Crippen molar-refractivity contribution in [3.05, 3.63) is 48.0 Å². The van der Waals surface area contributed by atoms with Gasteiger partial charge in [0.2, 0.25) is 0 Å². The Morgan fingerprint density at radius 1 is 1.07 bits per heavy atom. The molecule has 3 rings (SSSR count). The molecular formula is C13H10O2. The Morgan fingerprint density at radius 3 is 2.87 bits per heavy atom. The summed E-state index contributed by atoms with van der Waals surface area (Å²) in [5, 5.41) is 12.0. The Labute approximate surface area is 87.4 Å². The van der Waals surface area contributed by atoms with Crippen molar-refractivity contribution in [2.75, 3.05) is 6.61 Å². The van der Waals surface area contributed by atoms with E-state index in [1.54, 1.807) is 6.08 Å². The third-order valence-electron chi connectivity index (χ3n) is 2.66. The fourth-order valence-electron chi connectivity index (χ4n) is 1.95. The van der Waals surface area contributed by atoms with Gasteiger partial charge in [0, 0.05) is 0 Å². The number of aliphatic hydroxyl groups is 1. The quantitative estimate of drug-likeness (QED) is 0.704.